The van der Waals surface area contributed by atoms with Crippen LogP contribution >= 0.6 is 0 Å². The van der Waals surface area contributed by atoms with Gasteiger partial charge in [-0.05, 0) is 42.5 Å². The number of primary amides is 1. The number of nitrogens with one attached hydrogen (secondary N) is 1. The predicted octanol–water partition coefficient (Wildman–Crippen LogP) is 5.75. The summed E-state index contributed by atoms with van der Waals surface area (Å²) in [6.45, 7) is 4.38. The quantitative estimate of drug-likeness (QED) is 0.350. The van der Waals surface area contributed by atoms with Gasteiger partial charge in [0.25, 0.3) is 5.91 Å². The molecular formula is C31H38N4O2. The Hall–Kier alpha value is -3.64. The number of unbranched alkanes of at least 4 members (excludes halogenated alkanes) is 2. The number of carbonyl (C=O) groups excluding carboxylic acids is 2. The normalized spacial score (nSPS) is 14.4. The molecule has 0 aliphatic carbocycles. The molecule has 4 rings (SSSR count). The van der Waals surface area contributed by atoms with E-state index < -0.39 is 6.03 Å². The highest BCUT2D eigenvalue weighted by atomic mass is 16.2. The number of carbonyl (C=O) groups is 2. The van der Waals surface area contributed by atoms with Crippen molar-refractivity contribution in [1.82, 2.24) is 10.2 Å². The van der Waals surface area contributed by atoms with E-state index in [-0.39, 0.29) is 18.0 Å². The van der Waals surface area contributed by atoms with Crippen LogP contribution in [0.25, 0.3) is 0 Å². The van der Waals surface area contributed by atoms with Crippen molar-refractivity contribution < 1.29 is 9.59 Å². The molecule has 37 heavy (non-hydrogen) atoms. The number of rotatable bonds is 10. The van der Waals surface area contributed by atoms with Crippen molar-refractivity contribution in [3.05, 3.63) is 102 Å². The summed E-state index contributed by atoms with van der Waals surface area (Å²) in [5.41, 5.74) is 9.32. The minimum absolute atomic E-state index is 0.0751. The summed E-state index contributed by atoms with van der Waals surface area (Å²) in [6.07, 6.45) is 4.62. The molecule has 3 amide bonds. The van der Waals surface area contributed by atoms with Crippen molar-refractivity contribution in [3.8, 4) is 0 Å². The molecule has 6 heteroatoms. The molecule has 6 nitrogen and oxygen atoms in total. The van der Waals surface area contributed by atoms with E-state index in [0.29, 0.717) is 17.8 Å². The van der Waals surface area contributed by atoms with Gasteiger partial charge in [0.15, 0.2) is 0 Å². The zero-order valence-electron chi connectivity index (χ0n) is 21.7. The minimum atomic E-state index is -0.530. The van der Waals surface area contributed by atoms with Gasteiger partial charge < -0.3 is 11.1 Å². The van der Waals surface area contributed by atoms with Crippen molar-refractivity contribution >= 4 is 17.6 Å². The van der Waals surface area contributed by atoms with Gasteiger partial charge in [0, 0.05) is 25.7 Å². The Labute approximate surface area is 220 Å². The first kappa shape index (κ1) is 26.4. The first-order chi connectivity index (χ1) is 18.1. The molecule has 1 aliphatic rings. The number of hydrogen-bond donors (Lipinski definition) is 2. The smallest absolute Gasteiger partial charge is 0.319 e. The molecule has 0 saturated carbocycles. The second kappa shape index (κ2) is 13.1. The van der Waals surface area contributed by atoms with Crippen molar-refractivity contribution in [1.29, 1.82) is 0 Å². The second-order valence-corrected chi connectivity index (χ2v) is 9.72. The molecule has 3 N–H and O–H groups in total. The molecule has 1 aliphatic heterocycles. The van der Waals surface area contributed by atoms with E-state index in [1.807, 2.05) is 24.3 Å². The van der Waals surface area contributed by atoms with E-state index >= 15 is 0 Å². The first-order valence-electron chi connectivity index (χ1n) is 13.4. The van der Waals surface area contributed by atoms with E-state index in [1.165, 1.54) is 16.0 Å². The highest BCUT2D eigenvalue weighted by Crippen LogP contribution is 2.31. The van der Waals surface area contributed by atoms with Gasteiger partial charge in [0.2, 0.25) is 0 Å². The predicted molar refractivity (Wildman–Crippen MR) is 150 cm³/mol. The van der Waals surface area contributed by atoms with Crippen LogP contribution in [0.2, 0.25) is 0 Å². The third-order valence-corrected chi connectivity index (χ3v) is 7.15. The fourth-order valence-electron chi connectivity index (χ4n) is 5.22. The second-order valence-electron chi connectivity index (χ2n) is 9.72. The Bertz CT molecular complexity index is 1100. The number of para-hydroxylation sites is 1. The van der Waals surface area contributed by atoms with Gasteiger partial charge in [-0.2, -0.15) is 0 Å². The summed E-state index contributed by atoms with van der Waals surface area (Å²) in [5, 5.41) is 3.23. The topological polar surface area (TPSA) is 78.7 Å². The summed E-state index contributed by atoms with van der Waals surface area (Å²) < 4.78 is 0. The number of nitrogens with zero attached hydrogens (tertiary/aromatic N) is 2. The summed E-state index contributed by atoms with van der Waals surface area (Å²) in [5.74, 6) is -0.154. The van der Waals surface area contributed by atoms with Crippen LogP contribution in [0.3, 0.4) is 0 Å². The molecule has 3 aromatic rings. The third-order valence-electron chi connectivity index (χ3n) is 7.15. The summed E-state index contributed by atoms with van der Waals surface area (Å²) in [7, 11) is 0. The third kappa shape index (κ3) is 6.77. The van der Waals surface area contributed by atoms with E-state index in [9.17, 15) is 9.59 Å². The number of nitrogens with two attached hydrogens (primary N) is 1. The van der Waals surface area contributed by atoms with Gasteiger partial charge >= 0.3 is 6.03 Å². The Kier molecular flexibility index (Phi) is 9.33. The number of benzene rings is 3. The van der Waals surface area contributed by atoms with Crippen molar-refractivity contribution in [2.24, 2.45) is 5.73 Å². The van der Waals surface area contributed by atoms with Crippen LogP contribution in [-0.2, 0) is 0 Å². The van der Waals surface area contributed by atoms with Crippen LogP contribution in [0.1, 0.15) is 66.6 Å². The lowest BCUT2D eigenvalue weighted by molar-refractivity contribution is 0.0901. The standard InChI is InChI=1S/C31H38N4O2/c1-2-3-12-21-35(31(32)37)28-18-11-10-17-27(28)30(36)33-26-19-22-34(23-20-26)29(24-13-6-4-7-14-24)25-15-8-5-9-16-25/h4-11,13-18,26,29H,2-3,12,19-23H2,1H3,(H2,32,37)(H,33,36). The van der Waals surface area contributed by atoms with E-state index in [1.54, 1.807) is 12.1 Å². The molecule has 1 saturated heterocycles. The Morgan fingerprint density at radius 3 is 2.03 bits per heavy atom. The fraction of sp³-hybridized carbons (Fsp3) is 0.355. The molecule has 0 spiro atoms. The number of hydrogen-bond acceptors (Lipinski definition) is 3. The zero-order valence-corrected chi connectivity index (χ0v) is 21.7. The maximum Gasteiger partial charge on any atom is 0.319 e. The molecule has 0 unspecified atom stereocenters. The first-order valence-corrected chi connectivity index (χ1v) is 13.4. The number of amides is 3. The zero-order chi connectivity index (χ0) is 26.0. The largest absolute Gasteiger partial charge is 0.351 e. The highest BCUT2D eigenvalue weighted by Gasteiger charge is 2.29. The number of anilines is 1. The van der Waals surface area contributed by atoms with E-state index in [2.05, 4.69) is 65.7 Å². The van der Waals surface area contributed by atoms with Crippen LogP contribution in [0.4, 0.5) is 10.5 Å². The van der Waals surface area contributed by atoms with Gasteiger partial charge in [0.05, 0.1) is 17.3 Å². The van der Waals surface area contributed by atoms with Crippen molar-refractivity contribution in [2.75, 3.05) is 24.5 Å². The highest BCUT2D eigenvalue weighted by molar-refractivity contribution is 6.04. The van der Waals surface area contributed by atoms with Crippen LogP contribution < -0.4 is 16.0 Å². The maximum absolute atomic E-state index is 13.3. The minimum Gasteiger partial charge on any atom is -0.351 e. The fourth-order valence-corrected chi connectivity index (χ4v) is 5.22. The molecule has 3 aromatic carbocycles. The molecule has 1 heterocycles. The van der Waals surface area contributed by atoms with Crippen LogP contribution in [0, 0.1) is 0 Å². The Balaban J connectivity index is 1.43. The molecule has 194 valence electrons. The van der Waals surface area contributed by atoms with Crippen LogP contribution in [-0.4, -0.2) is 42.5 Å². The number of piperidine rings is 1. The van der Waals surface area contributed by atoms with Gasteiger partial charge in [0.1, 0.15) is 0 Å². The molecule has 0 aromatic heterocycles. The summed E-state index contributed by atoms with van der Waals surface area (Å²) >= 11 is 0. The Morgan fingerprint density at radius 2 is 1.46 bits per heavy atom. The molecular weight excluding hydrogens is 460 g/mol. The molecule has 0 atom stereocenters. The van der Waals surface area contributed by atoms with Crippen molar-refractivity contribution in [3.63, 3.8) is 0 Å². The van der Waals surface area contributed by atoms with E-state index in [4.69, 9.17) is 5.73 Å². The number of urea groups is 1. The van der Waals surface area contributed by atoms with Crippen molar-refractivity contribution in [2.45, 2.75) is 51.1 Å². The van der Waals surface area contributed by atoms with E-state index in [0.717, 1.165) is 45.2 Å². The summed E-state index contributed by atoms with van der Waals surface area (Å²) in [6, 6.07) is 28.2. The van der Waals surface area contributed by atoms with Gasteiger partial charge in [-0.1, -0.05) is 92.6 Å². The average Bonchev–Trinajstić information content (AvgIpc) is 2.93. The lowest BCUT2D eigenvalue weighted by Crippen LogP contribution is -2.46. The Morgan fingerprint density at radius 1 is 0.892 bits per heavy atom. The van der Waals surface area contributed by atoms with Gasteiger partial charge in [-0.25, -0.2) is 4.79 Å². The lowest BCUT2D eigenvalue weighted by Gasteiger charge is -2.38. The molecule has 0 radical (unpaired) electrons. The number of likely N-dealkylation sites (tertiary alicyclic amines) is 1. The van der Waals surface area contributed by atoms with Gasteiger partial charge in [-0.3, -0.25) is 14.6 Å². The maximum atomic E-state index is 13.3. The lowest BCUT2D eigenvalue weighted by atomic mass is 9.94. The molecule has 1 fully saturated rings. The molecule has 0 bridgehead atoms. The summed E-state index contributed by atoms with van der Waals surface area (Å²) in [4.78, 5) is 29.6. The SMILES string of the molecule is CCCCCN(C(N)=O)c1ccccc1C(=O)NC1CCN(C(c2ccccc2)c2ccccc2)CC1. The van der Waals surface area contributed by atoms with Crippen LogP contribution in [0.5, 0.6) is 0 Å². The van der Waals surface area contributed by atoms with Crippen LogP contribution in [0.15, 0.2) is 84.9 Å². The van der Waals surface area contributed by atoms with Gasteiger partial charge in [-0.15, -0.1) is 0 Å². The monoisotopic (exact) mass is 498 g/mol. The average molecular weight is 499 g/mol.